The van der Waals surface area contributed by atoms with E-state index in [4.69, 9.17) is 9.47 Å². The highest BCUT2D eigenvalue weighted by atomic mass is 16.5. The van der Waals surface area contributed by atoms with Gasteiger partial charge in [0, 0.05) is 41.4 Å². The van der Waals surface area contributed by atoms with Crippen molar-refractivity contribution < 1.29 is 9.47 Å². The second kappa shape index (κ2) is 7.07. The molecule has 0 saturated heterocycles. The van der Waals surface area contributed by atoms with Gasteiger partial charge in [-0.05, 0) is 58.5 Å². The first-order valence-corrected chi connectivity index (χ1v) is 10.9. The highest BCUT2D eigenvalue weighted by Gasteiger charge is 2.41. The standard InChI is InChI=1S/C28H17BN2O2/c1-4-20(18-10-14-30-15-11-18)27-22(6-1)29-23-7-2-5-21(19-12-16-31-17-13-19)28(23)33-25-9-3-8-24(32-27)26(25)29/h1-17H. The number of ether oxygens (including phenoxy) is 2. The Morgan fingerprint density at radius 3 is 1.45 bits per heavy atom. The van der Waals surface area contributed by atoms with Crippen LogP contribution in [0.4, 0.5) is 0 Å². The molecule has 0 saturated carbocycles. The van der Waals surface area contributed by atoms with Gasteiger partial charge in [-0.15, -0.1) is 0 Å². The van der Waals surface area contributed by atoms with E-state index in [0.29, 0.717) is 0 Å². The van der Waals surface area contributed by atoms with Crippen LogP contribution < -0.4 is 25.9 Å². The van der Waals surface area contributed by atoms with Crippen molar-refractivity contribution in [2.24, 2.45) is 0 Å². The molecule has 0 atom stereocenters. The summed E-state index contributed by atoms with van der Waals surface area (Å²) in [6, 6.07) is 26.9. The van der Waals surface area contributed by atoms with Gasteiger partial charge in [-0.2, -0.15) is 0 Å². The minimum atomic E-state index is 0.0206. The van der Waals surface area contributed by atoms with Crippen LogP contribution in [0, 0.1) is 0 Å². The molecule has 0 amide bonds. The van der Waals surface area contributed by atoms with Crippen LogP contribution in [0.3, 0.4) is 0 Å². The summed E-state index contributed by atoms with van der Waals surface area (Å²) in [7, 11) is 0. The van der Waals surface area contributed by atoms with Crippen molar-refractivity contribution in [1.82, 2.24) is 9.97 Å². The lowest BCUT2D eigenvalue weighted by atomic mass is 9.34. The molecule has 4 nitrogen and oxygen atoms in total. The fourth-order valence-corrected chi connectivity index (χ4v) is 4.99. The summed E-state index contributed by atoms with van der Waals surface area (Å²) in [5.74, 6) is 3.46. The summed E-state index contributed by atoms with van der Waals surface area (Å²) >= 11 is 0. The highest BCUT2D eigenvalue weighted by molar-refractivity contribution is 6.98. The molecule has 154 valence electrons. The SMILES string of the molecule is c1cc2c3c(c1)Oc1c(cccc1-c1ccncc1)B3c1cccc(-c3ccncc3)c1O2. The van der Waals surface area contributed by atoms with Crippen molar-refractivity contribution in [3.63, 3.8) is 0 Å². The molecule has 0 unspecified atom stereocenters. The maximum Gasteiger partial charge on any atom is 0.260 e. The van der Waals surface area contributed by atoms with Crippen LogP contribution >= 0.6 is 0 Å². The van der Waals surface area contributed by atoms with E-state index in [1.165, 1.54) is 0 Å². The molecule has 2 aromatic heterocycles. The second-order valence-corrected chi connectivity index (χ2v) is 8.22. The van der Waals surface area contributed by atoms with Crippen molar-refractivity contribution in [3.05, 3.63) is 104 Å². The molecule has 4 heterocycles. The molecule has 0 spiro atoms. The summed E-state index contributed by atoms with van der Waals surface area (Å²) in [5, 5.41) is 0. The van der Waals surface area contributed by atoms with E-state index in [-0.39, 0.29) is 6.71 Å². The fraction of sp³-hybridized carbons (Fsp3) is 0. The molecule has 0 fully saturated rings. The smallest absolute Gasteiger partial charge is 0.260 e. The number of fused-ring (bicyclic) bond motifs is 4. The van der Waals surface area contributed by atoms with Gasteiger partial charge in [-0.1, -0.05) is 42.5 Å². The van der Waals surface area contributed by atoms with Gasteiger partial charge >= 0.3 is 0 Å². The van der Waals surface area contributed by atoms with Crippen LogP contribution in [-0.2, 0) is 0 Å². The van der Waals surface area contributed by atoms with Gasteiger partial charge in [0.2, 0.25) is 0 Å². The Hall–Kier alpha value is -4.38. The molecule has 0 radical (unpaired) electrons. The number of hydrogen-bond acceptors (Lipinski definition) is 4. The number of rotatable bonds is 2. The molecule has 33 heavy (non-hydrogen) atoms. The van der Waals surface area contributed by atoms with Gasteiger partial charge in [0.25, 0.3) is 6.71 Å². The maximum absolute atomic E-state index is 6.53. The second-order valence-electron chi connectivity index (χ2n) is 8.22. The topological polar surface area (TPSA) is 44.2 Å². The van der Waals surface area contributed by atoms with E-state index in [1.807, 2.05) is 67.3 Å². The molecule has 0 bridgehead atoms. The van der Waals surface area contributed by atoms with Crippen molar-refractivity contribution in [1.29, 1.82) is 0 Å². The zero-order chi connectivity index (χ0) is 21.8. The first-order chi connectivity index (χ1) is 16.4. The number of benzene rings is 3. The number of para-hydroxylation sites is 2. The summed E-state index contributed by atoms with van der Waals surface area (Å²) in [6.45, 7) is 0.0206. The Kier molecular flexibility index (Phi) is 3.90. The summed E-state index contributed by atoms with van der Waals surface area (Å²) in [4.78, 5) is 8.35. The minimum absolute atomic E-state index is 0.0206. The molecular formula is C28H17BN2O2. The third-order valence-corrected chi connectivity index (χ3v) is 6.43. The highest BCUT2D eigenvalue weighted by Crippen LogP contribution is 2.41. The van der Waals surface area contributed by atoms with Gasteiger partial charge in [0.1, 0.15) is 23.0 Å². The van der Waals surface area contributed by atoms with E-state index in [1.54, 1.807) is 0 Å². The first kappa shape index (κ1) is 18.2. The Labute approximate surface area is 191 Å². The predicted octanol–water partition coefficient (Wildman–Crippen LogP) is 4.54. The summed E-state index contributed by atoms with van der Waals surface area (Å²) in [6.07, 6.45) is 7.26. The van der Waals surface area contributed by atoms with Gasteiger partial charge in [-0.3, -0.25) is 9.97 Å². The third-order valence-electron chi connectivity index (χ3n) is 6.43. The van der Waals surface area contributed by atoms with Crippen LogP contribution in [0.2, 0.25) is 0 Å². The Balaban J connectivity index is 1.50. The van der Waals surface area contributed by atoms with Crippen LogP contribution in [0.1, 0.15) is 0 Å². The predicted molar refractivity (Wildman–Crippen MR) is 131 cm³/mol. The molecule has 0 aliphatic carbocycles. The normalized spacial score (nSPS) is 12.7. The van der Waals surface area contributed by atoms with Crippen molar-refractivity contribution in [2.75, 3.05) is 0 Å². The molecule has 2 aliphatic heterocycles. The Morgan fingerprint density at radius 1 is 0.515 bits per heavy atom. The summed E-state index contributed by atoms with van der Waals surface area (Å²) < 4.78 is 13.1. The zero-order valence-electron chi connectivity index (χ0n) is 17.6. The molecular weight excluding hydrogens is 407 g/mol. The molecule has 0 N–H and O–H groups in total. The van der Waals surface area contributed by atoms with Crippen molar-refractivity contribution in [2.45, 2.75) is 0 Å². The number of nitrogens with zero attached hydrogens (tertiary/aromatic N) is 2. The van der Waals surface area contributed by atoms with Crippen molar-refractivity contribution >= 4 is 23.1 Å². The van der Waals surface area contributed by atoms with Crippen LogP contribution in [0.25, 0.3) is 22.3 Å². The van der Waals surface area contributed by atoms with Gasteiger partial charge < -0.3 is 9.47 Å². The minimum Gasteiger partial charge on any atom is -0.458 e. The average molecular weight is 424 g/mol. The molecule has 2 aliphatic rings. The average Bonchev–Trinajstić information content (AvgIpc) is 2.89. The lowest BCUT2D eigenvalue weighted by Crippen LogP contribution is -2.57. The van der Waals surface area contributed by atoms with Crippen molar-refractivity contribution in [3.8, 4) is 45.3 Å². The van der Waals surface area contributed by atoms with Gasteiger partial charge in [0.05, 0.1) is 0 Å². The summed E-state index contributed by atoms with van der Waals surface area (Å²) in [5.41, 5.74) is 7.64. The van der Waals surface area contributed by atoms with Gasteiger partial charge in [-0.25, -0.2) is 0 Å². The van der Waals surface area contributed by atoms with E-state index in [0.717, 1.165) is 61.6 Å². The van der Waals surface area contributed by atoms with E-state index >= 15 is 0 Å². The first-order valence-electron chi connectivity index (χ1n) is 10.9. The quantitative estimate of drug-likeness (QED) is 0.383. The third kappa shape index (κ3) is 2.72. The van der Waals surface area contributed by atoms with E-state index in [9.17, 15) is 0 Å². The zero-order valence-corrected chi connectivity index (χ0v) is 17.6. The molecule has 7 rings (SSSR count). The lowest BCUT2D eigenvalue weighted by Gasteiger charge is -2.34. The van der Waals surface area contributed by atoms with Crippen LogP contribution in [0.5, 0.6) is 23.0 Å². The van der Waals surface area contributed by atoms with Crippen LogP contribution in [-0.4, -0.2) is 16.7 Å². The number of aromatic nitrogens is 2. The molecule has 5 heteroatoms. The lowest BCUT2D eigenvalue weighted by molar-refractivity contribution is 0.466. The Bertz CT molecular complexity index is 1410. The maximum atomic E-state index is 6.53. The van der Waals surface area contributed by atoms with E-state index < -0.39 is 0 Å². The monoisotopic (exact) mass is 424 g/mol. The largest absolute Gasteiger partial charge is 0.458 e. The number of hydrogen-bond donors (Lipinski definition) is 0. The molecule has 5 aromatic rings. The molecule has 3 aromatic carbocycles. The van der Waals surface area contributed by atoms with Gasteiger partial charge in [0.15, 0.2) is 0 Å². The van der Waals surface area contributed by atoms with E-state index in [2.05, 4.69) is 46.4 Å². The Morgan fingerprint density at radius 2 is 0.970 bits per heavy atom. The fourth-order valence-electron chi connectivity index (χ4n) is 4.99. The van der Waals surface area contributed by atoms with Crippen LogP contribution in [0.15, 0.2) is 104 Å². The number of pyridine rings is 2.